The lowest BCUT2D eigenvalue weighted by atomic mass is 10.2. The van der Waals surface area contributed by atoms with Gasteiger partial charge in [0, 0.05) is 43.6 Å². The minimum atomic E-state index is -3.60. The Bertz CT molecular complexity index is 807. The second-order valence-corrected chi connectivity index (χ2v) is 7.65. The first-order valence-corrected chi connectivity index (χ1v) is 9.60. The van der Waals surface area contributed by atoms with Crippen LogP contribution >= 0.6 is 24.8 Å². The number of benzene rings is 1. The molecule has 3 N–H and O–H groups in total. The van der Waals surface area contributed by atoms with E-state index in [0.717, 1.165) is 19.5 Å². The number of hydrogen-bond acceptors (Lipinski definition) is 5. The fourth-order valence-corrected chi connectivity index (χ4v) is 3.66. The van der Waals surface area contributed by atoms with E-state index < -0.39 is 10.0 Å². The molecule has 1 amide bonds. The topological polar surface area (TPSA) is 105 Å². The van der Waals surface area contributed by atoms with Gasteiger partial charge in [0.15, 0.2) is 0 Å². The molecule has 2 heterocycles. The molecular formula is C16H23Cl2N5O3S. The summed E-state index contributed by atoms with van der Waals surface area (Å²) >= 11 is 0. The molecule has 1 aromatic heterocycles. The van der Waals surface area contributed by atoms with Gasteiger partial charge in [0.05, 0.1) is 11.2 Å². The lowest BCUT2D eigenvalue weighted by Gasteiger charge is -2.12. The van der Waals surface area contributed by atoms with E-state index in [4.69, 9.17) is 0 Å². The van der Waals surface area contributed by atoms with E-state index >= 15 is 0 Å². The Hall–Kier alpha value is -1.65. The Morgan fingerprint density at radius 1 is 1.26 bits per heavy atom. The number of aromatic nitrogens is 2. The van der Waals surface area contributed by atoms with Crippen molar-refractivity contribution in [2.24, 2.45) is 0 Å². The SMILES string of the molecule is Cl.Cl.O=C(N[C@H]1CCNC1)c1ccc(S(=O)(=O)NCCn2ccnc2)cc1. The Kier molecular flexibility index (Phi) is 9.20. The third-order valence-corrected chi connectivity index (χ3v) is 5.52. The van der Waals surface area contributed by atoms with Crippen molar-refractivity contribution in [2.45, 2.75) is 23.9 Å². The number of nitrogens with zero attached hydrogens (tertiary/aromatic N) is 2. The number of carbonyl (C=O) groups excluding carboxylic acids is 1. The fraction of sp³-hybridized carbons (Fsp3) is 0.375. The van der Waals surface area contributed by atoms with Crippen LogP contribution in [0.3, 0.4) is 0 Å². The summed E-state index contributed by atoms with van der Waals surface area (Å²) in [6, 6.07) is 6.08. The molecule has 3 rings (SSSR count). The van der Waals surface area contributed by atoms with Crippen LogP contribution in [0.4, 0.5) is 0 Å². The first-order valence-electron chi connectivity index (χ1n) is 8.12. The minimum Gasteiger partial charge on any atom is -0.348 e. The van der Waals surface area contributed by atoms with Crippen LogP contribution in [-0.2, 0) is 16.6 Å². The molecule has 1 fully saturated rings. The average molecular weight is 436 g/mol. The highest BCUT2D eigenvalue weighted by atomic mass is 35.5. The third-order valence-electron chi connectivity index (χ3n) is 4.04. The smallest absolute Gasteiger partial charge is 0.251 e. The van der Waals surface area contributed by atoms with Crippen molar-refractivity contribution < 1.29 is 13.2 Å². The maximum Gasteiger partial charge on any atom is 0.251 e. The van der Waals surface area contributed by atoms with Gasteiger partial charge in [0.2, 0.25) is 10.0 Å². The predicted molar refractivity (Wildman–Crippen MR) is 107 cm³/mol. The van der Waals surface area contributed by atoms with E-state index in [1.807, 2.05) is 0 Å². The van der Waals surface area contributed by atoms with Crippen LogP contribution < -0.4 is 15.4 Å². The van der Waals surface area contributed by atoms with Gasteiger partial charge in [-0.15, -0.1) is 24.8 Å². The summed E-state index contributed by atoms with van der Waals surface area (Å²) in [5.74, 6) is -0.189. The van der Waals surface area contributed by atoms with Crippen LogP contribution in [-0.4, -0.2) is 49.6 Å². The quantitative estimate of drug-likeness (QED) is 0.596. The molecule has 27 heavy (non-hydrogen) atoms. The predicted octanol–water partition coefficient (Wildman–Crippen LogP) is 0.797. The number of amides is 1. The number of carbonyl (C=O) groups is 1. The highest BCUT2D eigenvalue weighted by Crippen LogP contribution is 2.11. The number of imidazole rings is 1. The summed E-state index contributed by atoms with van der Waals surface area (Å²) in [5.41, 5.74) is 0.448. The van der Waals surface area contributed by atoms with Gasteiger partial charge in [0.1, 0.15) is 0 Å². The highest BCUT2D eigenvalue weighted by Gasteiger charge is 2.18. The van der Waals surface area contributed by atoms with Crippen LogP contribution in [0, 0.1) is 0 Å². The Labute approximate surface area is 171 Å². The molecule has 1 saturated heterocycles. The Morgan fingerprint density at radius 3 is 2.59 bits per heavy atom. The molecule has 0 spiro atoms. The summed E-state index contributed by atoms with van der Waals surface area (Å²) in [6.45, 7) is 2.41. The monoisotopic (exact) mass is 435 g/mol. The van der Waals surface area contributed by atoms with Crippen molar-refractivity contribution in [3.8, 4) is 0 Å². The standard InChI is InChI=1S/C16H21N5O3S.2ClH/c22-16(20-14-5-6-17-11-14)13-1-3-15(4-2-13)25(23,24)19-8-10-21-9-7-18-12-21;;/h1-4,7,9,12,14,17,19H,5-6,8,10-11H2,(H,20,22);2*1H/t14-;;/m0../s1. The molecule has 150 valence electrons. The number of rotatable bonds is 7. The van der Waals surface area contributed by atoms with Gasteiger partial charge < -0.3 is 15.2 Å². The maximum absolute atomic E-state index is 12.3. The maximum atomic E-state index is 12.3. The number of nitrogens with one attached hydrogen (secondary N) is 3. The summed E-state index contributed by atoms with van der Waals surface area (Å²) in [7, 11) is -3.60. The van der Waals surface area contributed by atoms with Crippen molar-refractivity contribution in [1.82, 2.24) is 24.9 Å². The van der Waals surface area contributed by atoms with Gasteiger partial charge in [-0.25, -0.2) is 18.1 Å². The van der Waals surface area contributed by atoms with E-state index in [9.17, 15) is 13.2 Å². The van der Waals surface area contributed by atoms with Crippen LogP contribution in [0.5, 0.6) is 0 Å². The number of halogens is 2. The molecular weight excluding hydrogens is 413 g/mol. The van der Waals surface area contributed by atoms with Crippen LogP contribution in [0.2, 0.25) is 0 Å². The second kappa shape index (κ2) is 10.6. The molecule has 0 unspecified atom stereocenters. The molecule has 0 aliphatic carbocycles. The Balaban J connectivity index is 0.00000182. The zero-order chi connectivity index (χ0) is 17.7. The van der Waals surface area contributed by atoms with Crippen molar-refractivity contribution >= 4 is 40.7 Å². The van der Waals surface area contributed by atoms with Gasteiger partial charge in [-0.05, 0) is 37.2 Å². The number of hydrogen-bond donors (Lipinski definition) is 3. The van der Waals surface area contributed by atoms with E-state index in [2.05, 4.69) is 20.3 Å². The molecule has 1 aliphatic rings. The van der Waals surface area contributed by atoms with Gasteiger partial charge in [-0.2, -0.15) is 0 Å². The van der Waals surface area contributed by atoms with Crippen molar-refractivity contribution in [1.29, 1.82) is 0 Å². The first kappa shape index (κ1) is 23.4. The zero-order valence-electron chi connectivity index (χ0n) is 14.5. The van der Waals surface area contributed by atoms with E-state index in [0.29, 0.717) is 12.1 Å². The van der Waals surface area contributed by atoms with Crippen LogP contribution in [0.1, 0.15) is 16.8 Å². The van der Waals surface area contributed by atoms with Gasteiger partial charge in [-0.3, -0.25) is 4.79 Å². The average Bonchev–Trinajstić information content (AvgIpc) is 3.29. The van der Waals surface area contributed by atoms with Crippen molar-refractivity contribution in [3.63, 3.8) is 0 Å². The molecule has 11 heteroatoms. The zero-order valence-corrected chi connectivity index (χ0v) is 16.9. The molecule has 0 bridgehead atoms. The summed E-state index contributed by atoms with van der Waals surface area (Å²) in [5, 5.41) is 6.11. The largest absolute Gasteiger partial charge is 0.348 e. The minimum absolute atomic E-state index is 0. The van der Waals surface area contributed by atoms with E-state index in [1.54, 1.807) is 23.3 Å². The van der Waals surface area contributed by atoms with Crippen LogP contribution in [0.25, 0.3) is 0 Å². The van der Waals surface area contributed by atoms with Crippen LogP contribution in [0.15, 0.2) is 47.9 Å². The molecule has 2 aromatic rings. The highest BCUT2D eigenvalue weighted by molar-refractivity contribution is 7.89. The van der Waals surface area contributed by atoms with E-state index in [1.165, 1.54) is 24.3 Å². The number of sulfonamides is 1. The fourth-order valence-electron chi connectivity index (χ4n) is 2.64. The van der Waals surface area contributed by atoms with Gasteiger partial charge in [-0.1, -0.05) is 0 Å². The van der Waals surface area contributed by atoms with Crippen molar-refractivity contribution in [3.05, 3.63) is 48.5 Å². The normalized spacial score (nSPS) is 16.2. The second-order valence-electron chi connectivity index (χ2n) is 5.89. The first-order chi connectivity index (χ1) is 12.0. The third kappa shape index (κ3) is 6.47. The summed E-state index contributed by atoms with van der Waals surface area (Å²) < 4.78 is 28.9. The summed E-state index contributed by atoms with van der Waals surface area (Å²) in [4.78, 5) is 16.2. The van der Waals surface area contributed by atoms with Crippen molar-refractivity contribution in [2.75, 3.05) is 19.6 Å². The molecule has 1 aliphatic heterocycles. The lowest BCUT2D eigenvalue weighted by Crippen LogP contribution is -2.36. The molecule has 1 aromatic carbocycles. The Morgan fingerprint density at radius 2 is 2.00 bits per heavy atom. The molecule has 0 saturated carbocycles. The van der Waals surface area contributed by atoms with Gasteiger partial charge >= 0.3 is 0 Å². The lowest BCUT2D eigenvalue weighted by molar-refractivity contribution is 0.0940. The molecule has 1 atom stereocenters. The molecule has 8 nitrogen and oxygen atoms in total. The van der Waals surface area contributed by atoms with Gasteiger partial charge in [0.25, 0.3) is 5.91 Å². The van der Waals surface area contributed by atoms with E-state index in [-0.39, 0.29) is 48.2 Å². The molecule has 0 radical (unpaired) electrons. The summed E-state index contributed by atoms with van der Waals surface area (Å²) in [6.07, 6.45) is 5.93.